The Bertz CT molecular complexity index is 1350. The molecule has 0 bridgehead atoms. The number of fused-ring (bicyclic) bond motifs is 1. The average Bonchev–Trinajstić information content (AvgIpc) is 3.17. The zero-order valence-corrected chi connectivity index (χ0v) is 23.0. The van der Waals surface area contributed by atoms with Gasteiger partial charge in [-0.2, -0.15) is 5.10 Å². The van der Waals surface area contributed by atoms with Crippen LogP contribution in [-0.2, 0) is 33.6 Å². The minimum atomic E-state index is -0.443. The number of methoxy groups -OCH3 is 2. The first-order valence-corrected chi connectivity index (χ1v) is 12.1. The zero-order valence-electron chi connectivity index (χ0n) is 21.9. The van der Waals surface area contributed by atoms with Crippen LogP contribution in [0.1, 0.15) is 40.9 Å². The minimum Gasteiger partial charge on any atom is -0.497 e. The van der Waals surface area contributed by atoms with E-state index >= 15 is 0 Å². The van der Waals surface area contributed by atoms with Gasteiger partial charge in [-0.05, 0) is 79.9 Å². The Hall–Kier alpha value is -3.87. The van der Waals surface area contributed by atoms with E-state index < -0.39 is 5.97 Å². The summed E-state index contributed by atoms with van der Waals surface area (Å²) in [5.41, 5.74) is 5.15. The SMILES string of the molecule is CCN1\C(=C/C=N/N=C(\O)c2ccc(C(=O)OC)cc2)C(C)(Cc2ccccc2)c2cc(OC)ccc21.[Fe]. The molecular formula is C30H31FeN3O4. The van der Waals surface area contributed by atoms with Gasteiger partial charge in [0.05, 0.1) is 26.0 Å². The van der Waals surface area contributed by atoms with Crippen LogP contribution in [0.3, 0.4) is 0 Å². The maximum absolute atomic E-state index is 11.6. The topological polar surface area (TPSA) is 83.7 Å². The van der Waals surface area contributed by atoms with E-state index in [1.165, 1.54) is 18.2 Å². The number of esters is 1. The van der Waals surface area contributed by atoms with Gasteiger partial charge in [-0.3, -0.25) is 0 Å². The summed E-state index contributed by atoms with van der Waals surface area (Å²) in [6.45, 7) is 5.14. The molecular weight excluding hydrogens is 522 g/mol. The summed E-state index contributed by atoms with van der Waals surface area (Å²) in [7, 11) is 3.00. The molecule has 1 aliphatic rings. The van der Waals surface area contributed by atoms with E-state index in [1.807, 2.05) is 18.2 Å². The van der Waals surface area contributed by atoms with E-state index in [4.69, 9.17) is 9.47 Å². The maximum Gasteiger partial charge on any atom is 0.337 e. The van der Waals surface area contributed by atoms with E-state index in [0.29, 0.717) is 11.1 Å². The molecule has 1 N–H and O–H groups in total. The first-order valence-electron chi connectivity index (χ1n) is 12.1. The normalized spacial score (nSPS) is 17.8. The van der Waals surface area contributed by atoms with Crippen LogP contribution in [-0.4, -0.2) is 44.0 Å². The second-order valence-corrected chi connectivity index (χ2v) is 8.93. The molecule has 8 heteroatoms. The van der Waals surface area contributed by atoms with Crippen LogP contribution in [0.4, 0.5) is 5.69 Å². The first kappa shape index (κ1) is 28.7. The van der Waals surface area contributed by atoms with Crippen molar-refractivity contribution in [1.29, 1.82) is 0 Å². The Labute approximate surface area is 234 Å². The summed E-state index contributed by atoms with van der Waals surface area (Å²) in [6.07, 6.45) is 4.35. The predicted octanol–water partition coefficient (Wildman–Crippen LogP) is 5.69. The van der Waals surface area contributed by atoms with Gasteiger partial charge in [-0.25, -0.2) is 4.79 Å². The first-order chi connectivity index (χ1) is 17.9. The molecule has 3 aromatic rings. The molecule has 1 unspecified atom stereocenters. The number of hydrogen-bond donors (Lipinski definition) is 1. The number of carbonyl (C=O) groups excluding carboxylic acids is 1. The Morgan fingerprint density at radius 2 is 1.71 bits per heavy atom. The van der Waals surface area contributed by atoms with Crippen LogP contribution < -0.4 is 9.64 Å². The number of ether oxygens (including phenoxy) is 2. The number of nitrogens with zero attached hydrogens (tertiary/aromatic N) is 3. The van der Waals surface area contributed by atoms with Crippen LogP contribution >= 0.6 is 0 Å². The number of carbonyl (C=O) groups is 1. The summed E-state index contributed by atoms with van der Waals surface area (Å²) in [6, 6.07) is 22.9. The smallest absolute Gasteiger partial charge is 0.337 e. The number of aliphatic hydroxyl groups is 1. The molecule has 3 aromatic carbocycles. The molecule has 0 radical (unpaired) electrons. The molecule has 1 heterocycles. The van der Waals surface area contributed by atoms with Gasteiger partial charge < -0.3 is 19.5 Å². The number of allylic oxidation sites excluding steroid dienone is 2. The predicted molar refractivity (Wildman–Crippen MR) is 147 cm³/mol. The summed E-state index contributed by atoms with van der Waals surface area (Å²) < 4.78 is 10.2. The van der Waals surface area contributed by atoms with Crippen LogP contribution in [0.25, 0.3) is 0 Å². The quantitative estimate of drug-likeness (QED) is 0.127. The fraction of sp³-hybridized carbons (Fsp3) is 0.233. The van der Waals surface area contributed by atoms with Gasteiger partial charge in [0.1, 0.15) is 5.75 Å². The summed E-state index contributed by atoms with van der Waals surface area (Å²) in [5.74, 6) is 0.128. The molecule has 0 aliphatic carbocycles. The van der Waals surface area contributed by atoms with Crippen molar-refractivity contribution < 1.29 is 36.4 Å². The van der Waals surface area contributed by atoms with E-state index in [9.17, 15) is 9.90 Å². The van der Waals surface area contributed by atoms with Crippen molar-refractivity contribution in [2.24, 2.45) is 10.2 Å². The van der Waals surface area contributed by atoms with Crippen molar-refractivity contribution in [3.63, 3.8) is 0 Å². The molecule has 1 aliphatic heterocycles. The molecule has 0 saturated carbocycles. The molecule has 0 amide bonds. The second-order valence-electron chi connectivity index (χ2n) is 8.93. The standard InChI is InChI=1S/C30H31N3O4.Fe/c1-5-33-26-16-15-24(36-3)19-25(26)30(2,20-21-9-7-6-8-10-21)27(33)17-18-31-32-28(34)22-11-13-23(14-12-22)29(35)37-4;/h6-19H,5,20H2,1-4H3,(H,32,34);/b27-17-,31-18+;. The molecule has 0 spiro atoms. The van der Waals surface area contributed by atoms with E-state index in [-0.39, 0.29) is 28.4 Å². The average molecular weight is 553 g/mol. The van der Waals surface area contributed by atoms with Gasteiger partial charge in [0.2, 0.25) is 5.90 Å². The van der Waals surface area contributed by atoms with Gasteiger partial charge in [-0.15, -0.1) is 5.10 Å². The van der Waals surface area contributed by atoms with Crippen LogP contribution in [0.15, 0.2) is 94.8 Å². The fourth-order valence-electron chi connectivity index (χ4n) is 4.81. The summed E-state index contributed by atoms with van der Waals surface area (Å²) in [5, 5.41) is 18.4. The summed E-state index contributed by atoms with van der Waals surface area (Å²) in [4.78, 5) is 13.9. The summed E-state index contributed by atoms with van der Waals surface area (Å²) >= 11 is 0. The Morgan fingerprint density at radius 1 is 1.03 bits per heavy atom. The maximum atomic E-state index is 11.6. The number of anilines is 1. The molecule has 0 fully saturated rings. The number of hydrogen-bond acceptors (Lipinski definition) is 6. The molecule has 7 nitrogen and oxygen atoms in total. The third kappa shape index (κ3) is 5.82. The number of rotatable bonds is 8. The van der Waals surface area contributed by atoms with Crippen molar-refractivity contribution in [1.82, 2.24) is 0 Å². The Balaban J connectivity index is 0.00000400. The number of benzene rings is 3. The van der Waals surface area contributed by atoms with Crippen LogP contribution in [0, 0.1) is 0 Å². The molecule has 1 atom stereocenters. The third-order valence-electron chi connectivity index (χ3n) is 6.68. The van der Waals surface area contributed by atoms with E-state index in [2.05, 4.69) is 65.3 Å². The van der Waals surface area contributed by atoms with E-state index in [0.717, 1.165) is 30.1 Å². The largest absolute Gasteiger partial charge is 0.497 e. The number of likely N-dealkylation sites (N-methyl/N-ethyl adjacent to an activating group) is 1. The Morgan fingerprint density at radius 3 is 2.34 bits per heavy atom. The molecule has 4 rings (SSSR count). The van der Waals surface area contributed by atoms with Crippen molar-refractivity contribution in [3.05, 3.63) is 107 Å². The molecule has 38 heavy (non-hydrogen) atoms. The Kier molecular flexibility index (Phi) is 9.50. The van der Waals surface area contributed by atoms with Gasteiger partial charge >= 0.3 is 5.97 Å². The van der Waals surface area contributed by atoms with Crippen molar-refractivity contribution in [3.8, 4) is 5.75 Å². The van der Waals surface area contributed by atoms with Crippen molar-refractivity contribution in [2.75, 3.05) is 25.7 Å². The van der Waals surface area contributed by atoms with Gasteiger partial charge in [0, 0.05) is 46.0 Å². The fourth-order valence-corrected chi connectivity index (χ4v) is 4.81. The van der Waals surface area contributed by atoms with E-state index in [1.54, 1.807) is 37.6 Å². The monoisotopic (exact) mass is 553 g/mol. The van der Waals surface area contributed by atoms with Gasteiger partial charge in [0.25, 0.3) is 0 Å². The second kappa shape index (κ2) is 12.6. The third-order valence-corrected chi connectivity index (χ3v) is 6.68. The molecule has 0 aromatic heterocycles. The van der Waals surface area contributed by atoms with Crippen molar-refractivity contribution >= 4 is 23.8 Å². The zero-order chi connectivity index (χ0) is 26.4. The molecule has 0 saturated heterocycles. The van der Waals surface area contributed by atoms with Gasteiger partial charge in [0.15, 0.2) is 0 Å². The number of aliphatic hydroxyl groups excluding tert-OH is 1. The van der Waals surface area contributed by atoms with Crippen molar-refractivity contribution in [2.45, 2.75) is 25.7 Å². The van der Waals surface area contributed by atoms with Gasteiger partial charge in [-0.1, -0.05) is 30.3 Å². The van der Waals surface area contributed by atoms with Crippen LogP contribution in [0.2, 0.25) is 0 Å². The van der Waals surface area contributed by atoms with Crippen LogP contribution in [0.5, 0.6) is 5.75 Å². The minimum absolute atomic E-state index is 0. The molecule has 198 valence electrons.